The van der Waals surface area contributed by atoms with Crippen molar-refractivity contribution in [1.82, 2.24) is 9.97 Å². The van der Waals surface area contributed by atoms with Crippen molar-refractivity contribution in [2.24, 2.45) is 0 Å². The number of rotatable bonds is 3. The molecule has 1 aromatic heterocycles. The fourth-order valence-corrected chi connectivity index (χ4v) is 1.59. The third-order valence-corrected chi connectivity index (χ3v) is 2.29. The number of anilines is 2. The lowest BCUT2D eigenvalue weighted by molar-refractivity contribution is 0.120. The number of hydrogen-bond acceptors (Lipinski definition) is 5. The fourth-order valence-electron chi connectivity index (χ4n) is 1.59. The van der Waals surface area contributed by atoms with Crippen molar-refractivity contribution >= 4 is 11.8 Å². The molecule has 6 nitrogen and oxygen atoms in total. The van der Waals surface area contributed by atoms with E-state index in [2.05, 4.69) is 15.3 Å². The van der Waals surface area contributed by atoms with Crippen molar-refractivity contribution < 1.29 is 4.74 Å². The molecule has 0 aliphatic carbocycles. The van der Waals surface area contributed by atoms with Crippen molar-refractivity contribution in [3.8, 4) is 0 Å². The molecule has 1 aromatic rings. The van der Waals surface area contributed by atoms with Gasteiger partial charge in [-0.25, -0.2) is 0 Å². The van der Waals surface area contributed by atoms with E-state index >= 15 is 0 Å². The molecule has 0 radical (unpaired) electrons. The first-order valence-electron chi connectivity index (χ1n) is 4.96. The van der Waals surface area contributed by atoms with Crippen LogP contribution in [-0.2, 0) is 4.74 Å². The van der Waals surface area contributed by atoms with Crippen molar-refractivity contribution in [1.29, 1.82) is 0 Å². The number of H-pyrrole nitrogens is 1. The molecule has 0 unspecified atom stereocenters. The van der Waals surface area contributed by atoms with E-state index in [0.717, 1.165) is 19.4 Å². The van der Waals surface area contributed by atoms with Gasteiger partial charge in [-0.2, -0.15) is 4.98 Å². The lowest BCUT2D eigenvalue weighted by Gasteiger charge is -2.10. The summed E-state index contributed by atoms with van der Waals surface area (Å²) in [5, 5.41) is 3.03. The maximum Gasteiger partial charge on any atom is 0.254 e. The summed E-state index contributed by atoms with van der Waals surface area (Å²) in [5.41, 5.74) is 5.15. The molecular weight excluding hydrogens is 196 g/mol. The predicted molar refractivity (Wildman–Crippen MR) is 56.7 cm³/mol. The molecule has 6 heteroatoms. The Morgan fingerprint density at radius 2 is 2.60 bits per heavy atom. The van der Waals surface area contributed by atoms with Gasteiger partial charge in [0.15, 0.2) is 0 Å². The van der Waals surface area contributed by atoms with Gasteiger partial charge in [0.2, 0.25) is 5.95 Å². The number of nitrogens with zero attached hydrogens (tertiary/aromatic N) is 1. The van der Waals surface area contributed by atoms with Crippen LogP contribution in [0, 0.1) is 0 Å². The van der Waals surface area contributed by atoms with Crippen molar-refractivity contribution in [2.75, 3.05) is 24.2 Å². The lowest BCUT2D eigenvalue weighted by Crippen LogP contribution is -2.21. The molecule has 1 aliphatic heterocycles. The van der Waals surface area contributed by atoms with Crippen LogP contribution in [0.1, 0.15) is 12.8 Å². The topological polar surface area (TPSA) is 93.0 Å². The molecule has 1 saturated heterocycles. The monoisotopic (exact) mass is 210 g/mol. The van der Waals surface area contributed by atoms with Gasteiger partial charge in [0, 0.05) is 19.2 Å². The molecule has 82 valence electrons. The minimum atomic E-state index is -0.252. The van der Waals surface area contributed by atoms with Crippen LogP contribution in [0.25, 0.3) is 0 Å². The van der Waals surface area contributed by atoms with Gasteiger partial charge in [0.25, 0.3) is 5.56 Å². The zero-order valence-electron chi connectivity index (χ0n) is 8.32. The summed E-state index contributed by atoms with van der Waals surface area (Å²) in [6.45, 7) is 1.48. The Bertz CT molecular complexity index is 384. The van der Waals surface area contributed by atoms with Gasteiger partial charge < -0.3 is 15.8 Å². The highest BCUT2D eigenvalue weighted by Gasteiger charge is 2.15. The van der Waals surface area contributed by atoms with E-state index in [9.17, 15) is 4.79 Å². The van der Waals surface area contributed by atoms with Gasteiger partial charge in [0.05, 0.1) is 6.10 Å². The van der Waals surface area contributed by atoms with Crippen LogP contribution in [0.5, 0.6) is 0 Å². The molecule has 0 aromatic carbocycles. The zero-order chi connectivity index (χ0) is 10.7. The summed E-state index contributed by atoms with van der Waals surface area (Å²) in [7, 11) is 0. The number of nitrogens with two attached hydrogens (primary N) is 1. The van der Waals surface area contributed by atoms with E-state index in [-0.39, 0.29) is 17.6 Å². The van der Waals surface area contributed by atoms with Crippen LogP contribution in [0.2, 0.25) is 0 Å². The summed E-state index contributed by atoms with van der Waals surface area (Å²) < 4.78 is 5.43. The van der Waals surface area contributed by atoms with Crippen molar-refractivity contribution in [3.05, 3.63) is 16.4 Å². The Morgan fingerprint density at radius 3 is 3.27 bits per heavy atom. The van der Waals surface area contributed by atoms with E-state index in [1.54, 1.807) is 0 Å². The maximum absolute atomic E-state index is 11.1. The number of aromatic nitrogens is 2. The highest BCUT2D eigenvalue weighted by Crippen LogP contribution is 2.12. The van der Waals surface area contributed by atoms with E-state index in [1.165, 1.54) is 6.07 Å². The van der Waals surface area contributed by atoms with Gasteiger partial charge in [0.1, 0.15) is 5.82 Å². The number of aromatic amines is 1. The summed E-state index contributed by atoms with van der Waals surface area (Å²) in [6.07, 6.45) is 2.36. The second kappa shape index (κ2) is 4.31. The van der Waals surface area contributed by atoms with E-state index in [0.29, 0.717) is 12.4 Å². The fraction of sp³-hybridized carbons (Fsp3) is 0.556. The zero-order valence-corrected chi connectivity index (χ0v) is 8.32. The molecule has 2 rings (SSSR count). The Kier molecular flexibility index (Phi) is 2.86. The number of ether oxygens (including phenoxy) is 1. The molecule has 1 atom stereocenters. The Balaban J connectivity index is 1.95. The molecular formula is C9H14N4O2. The maximum atomic E-state index is 11.1. The molecule has 4 N–H and O–H groups in total. The summed E-state index contributed by atoms with van der Waals surface area (Å²) in [5.74, 6) is 0.615. The van der Waals surface area contributed by atoms with Crippen LogP contribution in [0.3, 0.4) is 0 Å². The molecule has 1 aliphatic rings. The van der Waals surface area contributed by atoms with E-state index in [4.69, 9.17) is 10.5 Å². The highest BCUT2D eigenvalue weighted by atomic mass is 16.5. The van der Waals surface area contributed by atoms with E-state index < -0.39 is 0 Å². The first-order chi connectivity index (χ1) is 7.24. The second-order valence-electron chi connectivity index (χ2n) is 3.53. The standard InChI is InChI=1S/C9H14N4O2/c10-9-12-7(4-8(14)13-9)11-5-6-2-1-3-15-6/h4,6H,1-3,5H2,(H4,10,11,12,13,14)/t6-/m1/s1. The van der Waals surface area contributed by atoms with Crippen molar-refractivity contribution in [2.45, 2.75) is 18.9 Å². The lowest BCUT2D eigenvalue weighted by atomic mass is 10.2. The molecule has 0 bridgehead atoms. The number of hydrogen-bond donors (Lipinski definition) is 3. The molecule has 2 heterocycles. The van der Waals surface area contributed by atoms with Crippen LogP contribution in [-0.4, -0.2) is 29.2 Å². The first kappa shape index (κ1) is 9.97. The molecule has 0 saturated carbocycles. The largest absolute Gasteiger partial charge is 0.376 e. The average molecular weight is 210 g/mol. The third kappa shape index (κ3) is 2.69. The Hall–Kier alpha value is -1.56. The normalized spacial score (nSPS) is 20.4. The Labute approximate surface area is 86.9 Å². The predicted octanol–water partition coefficient (Wildman–Crippen LogP) is -0.0570. The van der Waals surface area contributed by atoms with Gasteiger partial charge >= 0.3 is 0 Å². The van der Waals surface area contributed by atoms with Gasteiger partial charge in [-0.15, -0.1) is 0 Å². The summed E-state index contributed by atoms with van der Waals surface area (Å²) in [6, 6.07) is 1.38. The minimum absolute atomic E-state index is 0.123. The SMILES string of the molecule is Nc1nc(NC[C@H]2CCCO2)cc(=O)[nH]1. The van der Waals surface area contributed by atoms with E-state index in [1.807, 2.05) is 0 Å². The van der Waals surface area contributed by atoms with Crippen LogP contribution in [0.15, 0.2) is 10.9 Å². The average Bonchev–Trinajstić information content (AvgIpc) is 2.65. The minimum Gasteiger partial charge on any atom is -0.376 e. The molecule has 1 fully saturated rings. The Morgan fingerprint density at radius 1 is 1.73 bits per heavy atom. The molecule has 0 amide bonds. The van der Waals surface area contributed by atoms with Gasteiger partial charge in [-0.1, -0.05) is 0 Å². The van der Waals surface area contributed by atoms with Gasteiger partial charge in [-0.3, -0.25) is 9.78 Å². The number of nitrogen functional groups attached to an aromatic ring is 1. The highest BCUT2D eigenvalue weighted by molar-refractivity contribution is 5.37. The smallest absolute Gasteiger partial charge is 0.254 e. The second-order valence-corrected chi connectivity index (χ2v) is 3.53. The van der Waals surface area contributed by atoms with Crippen LogP contribution in [0.4, 0.5) is 11.8 Å². The number of nitrogens with one attached hydrogen (secondary N) is 2. The first-order valence-corrected chi connectivity index (χ1v) is 4.96. The summed E-state index contributed by atoms with van der Waals surface area (Å²) >= 11 is 0. The van der Waals surface area contributed by atoms with Crippen LogP contribution >= 0.6 is 0 Å². The van der Waals surface area contributed by atoms with Crippen molar-refractivity contribution in [3.63, 3.8) is 0 Å². The van der Waals surface area contributed by atoms with Crippen LogP contribution < -0.4 is 16.6 Å². The third-order valence-electron chi connectivity index (χ3n) is 2.29. The van der Waals surface area contributed by atoms with Gasteiger partial charge in [-0.05, 0) is 12.8 Å². The molecule has 0 spiro atoms. The summed E-state index contributed by atoms with van der Waals surface area (Å²) in [4.78, 5) is 17.4. The molecule has 15 heavy (non-hydrogen) atoms. The quantitative estimate of drug-likeness (QED) is 0.650.